The van der Waals surface area contributed by atoms with Crippen molar-refractivity contribution >= 4 is 56.5 Å². The van der Waals surface area contributed by atoms with E-state index < -0.39 is 0 Å². The van der Waals surface area contributed by atoms with E-state index >= 15 is 0 Å². The van der Waals surface area contributed by atoms with Crippen molar-refractivity contribution in [1.82, 2.24) is 4.98 Å². The molecule has 0 unspecified atom stereocenters. The SMILES string of the molecule is CCNc1ncc(C(=O)Nc2cccc(Cl)c2Br)cc1Cl. The first-order valence-corrected chi connectivity index (χ1v) is 7.72. The first-order valence-electron chi connectivity index (χ1n) is 6.17. The van der Waals surface area contributed by atoms with Gasteiger partial charge in [-0.15, -0.1) is 0 Å². The maximum atomic E-state index is 12.2. The van der Waals surface area contributed by atoms with Crippen LogP contribution in [0.2, 0.25) is 10.0 Å². The summed E-state index contributed by atoms with van der Waals surface area (Å²) in [7, 11) is 0. The third-order valence-corrected chi connectivity index (χ3v) is 4.33. The van der Waals surface area contributed by atoms with Crippen molar-refractivity contribution in [2.45, 2.75) is 6.92 Å². The highest BCUT2D eigenvalue weighted by molar-refractivity contribution is 9.10. The van der Waals surface area contributed by atoms with Gasteiger partial charge in [-0.05, 0) is 41.1 Å². The zero-order chi connectivity index (χ0) is 15.4. The number of nitrogens with one attached hydrogen (secondary N) is 2. The van der Waals surface area contributed by atoms with Gasteiger partial charge in [0.2, 0.25) is 0 Å². The molecule has 1 amide bonds. The number of rotatable bonds is 4. The van der Waals surface area contributed by atoms with Gasteiger partial charge in [0.05, 0.1) is 25.8 Å². The predicted octanol–water partition coefficient (Wildman–Crippen LogP) is 4.84. The molecule has 0 radical (unpaired) electrons. The molecule has 7 heteroatoms. The molecule has 0 aliphatic carbocycles. The Morgan fingerprint density at radius 3 is 2.76 bits per heavy atom. The number of benzene rings is 1. The number of halogens is 3. The van der Waals surface area contributed by atoms with Gasteiger partial charge in [0.15, 0.2) is 0 Å². The molecule has 110 valence electrons. The minimum Gasteiger partial charge on any atom is -0.369 e. The van der Waals surface area contributed by atoms with Crippen LogP contribution in [0, 0.1) is 0 Å². The molecule has 4 nitrogen and oxygen atoms in total. The predicted molar refractivity (Wildman–Crippen MR) is 90.5 cm³/mol. The number of nitrogens with zero attached hydrogens (tertiary/aromatic N) is 1. The summed E-state index contributed by atoms with van der Waals surface area (Å²) in [4.78, 5) is 16.3. The molecule has 1 aromatic heterocycles. The van der Waals surface area contributed by atoms with Gasteiger partial charge in [0.25, 0.3) is 5.91 Å². The summed E-state index contributed by atoms with van der Waals surface area (Å²) < 4.78 is 0.628. The van der Waals surface area contributed by atoms with Crippen LogP contribution in [-0.2, 0) is 0 Å². The van der Waals surface area contributed by atoms with Crippen LogP contribution in [-0.4, -0.2) is 17.4 Å². The molecule has 2 N–H and O–H groups in total. The molecule has 0 fully saturated rings. The van der Waals surface area contributed by atoms with E-state index in [-0.39, 0.29) is 5.91 Å². The van der Waals surface area contributed by atoms with Crippen molar-refractivity contribution in [2.24, 2.45) is 0 Å². The van der Waals surface area contributed by atoms with Gasteiger partial charge in [0, 0.05) is 12.7 Å². The van der Waals surface area contributed by atoms with Crippen LogP contribution in [0.1, 0.15) is 17.3 Å². The summed E-state index contributed by atoms with van der Waals surface area (Å²) in [6.07, 6.45) is 1.47. The molecule has 2 rings (SSSR count). The van der Waals surface area contributed by atoms with Crippen LogP contribution >= 0.6 is 39.1 Å². The highest BCUT2D eigenvalue weighted by atomic mass is 79.9. The highest BCUT2D eigenvalue weighted by Gasteiger charge is 2.12. The molecule has 21 heavy (non-hydrogen) atoms. The number of hydrogen-bond donors (Lipinski definition) is 2. The Morgan fingerprint density at radius 1 is 1.33 bits per heavy atom. The van der Waals surface area contributed by atoms with Crippen molar-refractivity contribution in [2.75, 3.05) is 17.2 Å². The lowest BCUT2D eigenvalue weighted by molar-refractivity contribution is 0.102. The van der Waals surface area contributed by atoms with Crippen LogP contribution in [0.25, 0.3) is 0 Å². The zero-order valence-corrected chi connectivity index (χ0v) is 14.2. The van der Waals surface area contributed by atoms with Crippen molar-refractivity contribution in [1.29, 1.82) is 0 Å². The Morgan fingerprint density at radius 2 is 2.10 bits per heavy atom. The monoisotopic (exact) mass is 387 g/mol. The van der Waals surface area contributed by atoms with E-state index in [2.05, 4.69) is 31.5 Å². The van der Waals surface area contributed by atoms with E-state index in [1.807, 2.05) is 6.92 Å². The molecule has 0 aliphatic heterocycles. The summed E-state index contributed by atoms with van der Waals surface area (Å²) >= 11 is 15.4. The van der Waals surface area contributed by atoms with Crippen molar-refractivity contribution in [3.63, 3.8) is 0 Å². The Kier molecular flexibility index (Phi) is 5.45. The van der Waals surface area contributed by atoms with Crippen LogP contribution in [0.3, 0.4) is 0 Å². The lowest BCUT2D eigenvalue weighted by atomic mass is 10.2. The molecule has 0 spiro atoms. The number of hydrogen-bond acceptors (Lipinski definition) is 3. The number of carbonyl (C=O) groups is 1. The van der Waals surface area contributed by atoms with Crippen molar-refractivity contribution < 1.29 is 4.79 Å². The topological polar surface area (TPSA) is 54.0 Å². The number of carbonyl (C=O) groups excluding carboxylic acids is 1. The maximum absolute atomic E-state index is 12.2. The quantitative estimate of drug-likeness (QED) is 0.788. The number of aromatic nitrogens is 1. The van der Waals surface area contributed by atoms with E-state index in [1.165, 1.54) is 6.20 Å². The van der Waals surface area contributed by atoms with Crippen LogP contribution < -0.4 is 10.6 Å². The van der Waals surface area contributed by atoms with E-state index in [9.17, 15) is 4.79 Å². The molecular formula is C14H12BrCl2N3O. The summed E-state index contributed by atoms with van der Waals surface area (Å²) in [6.45, 7) is 2.64. The molecule has 0 atom stereocenters. The third kappa shape index (κ3) is 3.87. The lowest BCUT2D eigenvalue weighted by Crippen LogP contribution is -2.13. The Hall–Kier alpha value is -1.30. The second-order valence-corrected chi connectivity index (χ2v) is 5.75. The van der Waals surface area contributed by atoms with E-state index in [0.29, 0.717) is 38.1 Å². The minimum absolute atomic E-state index is 0.310. The van der Waals surface area contributed by atoms with E-state index in [0.717, 1.165) is 0 Å². The van der Waals surface area contributed by atoms with Crippen LogP contribution in [0.4, 0.5) is 11.5 Å². The summed E-state index contributed by atoms with van der Waals surface area (Å²) in [5.41, 5.74) is 0.952. The molecule has 2 aromatic rings. The normalized spacial score (nSPS) is 10.3. The fraction of sp³-hybridized carbons (Fsp3) is 0.143. The maximum Gasteiger partial charge on any atom is 0.257 e. The number of anilines is 2. The number of amides is 1. The molecular weight excluding hydrogens is 377 g/mol. The van der Waals surface area contributed by atoms with Crippen LogP contribution in [0.5, 0.6) is 0 Å². The summed E-state index contributed by atoms with van der Waals surface area (Å²) in [5.74, 6) is 0.245. The fourth-order valence-corrected chi connectivity index (χ4v) is 2.43. The molecule has 1 aromatic carbocycles. The second-order valence-electron chi connectivity index (χ2n) is 4.14. The minimum atomic E-state index is -0.310. The van der Waals surface area contributed by atoms with Gasteiger partial charge < -0.3 is 10.6 Å². The fourth-order valence-electron chi connectivity index (χ4n) is 1.65. The largest absolute Gasteiger partial charge is 0.369 e. The van der Waals surface area contributed by atoms with Crippen molar-refractivity contribution in [3.8, 4) is 0 Å². The average molecular weight is 389 g/mol. The van der Waals surface area contributed by atoms with Crippen molar-refractivity contribution in [3.05, 3.63) is 50.5 Å². The van der Waals surface area contributed by atoms with Gasteiger partial charge in [0.1, 0.15) is 5.82 Å². The standard InChI is InChI=1S/C14H12BrCl2N3O/c1-2-18-13-10(17)6-8(7-19-13)14(21)20-11-5-3-4-9(16)12(11)15/h3-7H,2H2,1H3,(H,18,19)(H,20,21). The van der Waals surface area contributed by atoms with Gasteiger partial charge in [-0.3, -0.25) is 4.79 Å². The summed E-state index contributed by atoms with van der Waals surface area (Å²) in [5, 5.41) is 6.68. The first-order chi connectivity index (χ1) is 10.0. The molecule has 0 saturated heterocycles. The van der Waals surface area contributed by atoms with Crippen LogP contribution in [0.15, 0.2) is 34.9 Å². The molecule has 0 bridgehead atoms. The highest BCUT2D eigenvalue weighted by Crippen LogP contribution is 2.30. The number of pyridine rings is 1. The second kappa shape index (κ2) is 7.11. The molecule has 0 aliphatic rings. The Bertz CT molecular complexity index is 679. The van der Waals surface area contributed by atoms with Gasteiger partial charge in [-0.25, -0.2) is 4.98 Å². The zero-order valence-electron chi connectivity index (χ0n) is 11.1. The summed E-state index contributed by atoms with van der Waals surface area (Å²) in [6, 6.07) is 6.80. The van der Waals surface area contributed by atoms with Gasteiger partial charge in [-0.2, -0.15) is 0 Å². The average Bonchev–Trinajstić information content (AvgIpc) is 2.46. The first kappa shape index (κ1) is 16.1. The van der Waals surface area contributed by atoms with E-state index in [1.54, 1.807) is 24.3 Å². The third-order valence-electron chi connectivity index (χ3n) is 2.65. The van der Waals surface area contributed by atoms with Gasteiger partial charge >= 0.3 is 0 Å². The van der Waals surface area contributed by atoms with E-state index in [4.69, 9.17) is 23.2 Å². The Balaban J connectivity index is 2.21. The Labute approximate surface area is 141 Å². The van der Waals surface area contributed by atoms with Gasteiger partial charge in [-0.1, -0.05) is 29.3 Å². The molecule has 0 saturated carbocycles. The smallest absolute Gasteiger partial charge is 0.257 e. The molecule has 1 heterocycles. The lowest BCUT2D eigenvalue weighted by Gasteiger charge is -2.10.